The number of nitrogens with one attached hydrogen (secondary N) is 1. The highest BCUT2D eigenvalue weighted by atomic mass is 79.9. The van der Waals surface area contributed by atoms with Gasteiger partial charge in [0.25, 0.3) is 0 Å². The highest BCUT2D eigenvalue weighted by Gasteiger charge is 2.41. The van der Waals surface area contributed by atoms with Crippen molar-refractivity contribution in [3.05, 3.63) is 0 Å². The molecule has 2 saturated heterocycles. The van der Waals surface area contributed by atoms with E-state index in [1.54, 1.807) is 0 Å². The molecular weight excluding hydrogens is 288 g/mol. The fourth-order valence-corrected chi connectivity index (χ4v) is 3.23. The molecule has 2 heterocycles. The van der Waals surface area contributed by atoms with Gasteiger partial charge < -0.3 is 10.1 Å². The van der Waals surface area contributed by atoms with Crippen molar-refractivity contribution in [1.82, 2.24) is 10.2 Å². The number of carbonyl (C=O) groups is 2. The SMILES string of the molecule is COC(=O)C(Br)CN1CCCC2C(=O)NCC21. The smallest absolute Gasteiger partial charge is 0.320 e. The molecule has 0 aromatic carbocycles. The molecule has 2 fully saturated rings. The van der Waals surface area contributed by atoms with Gasteiger partial charge in [-0.15, -0.1) is 0 Å². The molecule has 0 aromatic heterocycles. The number of carbonyl (C=O) groups excluding carboxylic acids is 2. The van der Waals surface area contributed by atoms with E-state index < -0.39 is 0 Å². The molecule has 0 bridgehead atoms. The molecule has 6 heteroatoms. The molecule has 96 valence electrons. The van der Waals surface area contributed by atoms with Crippen LogP contribution in [0.4, 0.5) is 0 Å². The van der Waals surface area contributed by atoms with Gasteiger partial charge in [0.05, 0.1) is 13.0 Å². The summed E-state index contributed by atoms with van der Waals surface area (Å²) in [5.41, 5.74) is 0. The Hall–Kier alpha value is -0.620. The molecule has 0 aromatic rings. The fourth-order valence-electron chi connectivity index (χ4n) is 2.68. The van der Waals surface area contributed by atoms with Crippen LogP contribution in [0.5, 0.6) is 0 Å². The zero-order valence-electron chi connectivity index (χ0n) is 9.82. The molecule has 5 nitrogen and oxygen atoms in total. The Morgan fingerprint density at radius 1 is 1.71 bits per heavy atom. The summed E-state index contributed by atoms with van der Waals surface area (Å²) in [5, 5.41) is 2.90. The van der Waals surface area contributed by atoms with E-state index in [4.69, 9.17) is 4.74 Å². The maximum absolute atomic E-state index is 11.6. The first-order chi connectivity index (χ1) is 8.13. The Bertz CT molecular complexity index is 324. The van der Waals surface area contributed by atoms with Gasteiger partial charge in [-0.3, -0.25) is 14.5 Å². The number of ether oxygens (including phenoxy) is 1. The summed E-state index contributed by atoms with van der Waals surface area (Å²) in [6.45, 7) is 2.24. The van der Waals surface area contributed by atoms with Gasteiger partial charge in [-0.25, -0.2) is 0 Å². The summed E-state index contributed by atoms with van der Waals surface area (Å²) in [5.74, 6) is -0.00519. The summed E-state index contributed by atoms with van der Waals surface area (Å²) in [6, 6.07) is 0.237. The van der Waals surface area contributed by atoms with E-state index in [9.17, 15) is 9.59 Å². The van der Waals surface area contributed by atoms with Gasteiger partial charge in [0, 0.05) is 19.1 Å². The molecule has 3 atom stereocenters. The number of amides is 1. The predicted molar refractivity (Wildman–Crippen MR) is 65.8 cm³/mol. The number of nitrogens with zero attached hydrogens (tertiary/aromatic N) is 1. The third-order valence-electron chi connectivity index (χ3n) is 3.57. The highest BCUT2D eigenvalue weighted by molar-refractivity contribution is 9.10. The van der Waals surface area contributed by atoms with Gasteiger partial charge in [0.1, 0.15) is 4.83 Å². The van der Waals surface area contributed by atoms with Crippen molar-refractivity contribution in [2.75, 3.05) is 26.7 Å². The highest BCUT2D eigenvalue weighted by Crippen LogP contribution is 2.28. The number of hydrogen-bond acceptors (Lipinski definition) is 4. The van der Waals surface area contributed by atoms with Crippen molar-refractivity contribution in [3.8, 4) is 0 Å². The van der Waals surface area contributed by atoms with E-state index in [0.29, 0.717) is 13.1 Å². The maximum atomic E-state index is 11.6. The van der Waals surface area contributed by atoms with Gasteiger partial charge in [-0.1, -0.05) is 15.9 Å². The van der Waals surface area contributed by atoms with E-state index in [2.05, 4.69) is 26.1 Å². The number of likely N-dealkylation sites (tertiary alicyclic amines) is 1. The second kappa shape index (κ2) is 5.35. The lowest BCUT2D eigenvalue weighted by molar-refractivity contribution is -0.140. The van der Waals surface area contributed by atoms with Crippen LogP contribution in [-0.4, -0.2) is 54.4 Å². The van der Waals surface area contributed by atoms with Crippen LogP contribution in [-0.2, 0) is 14.3 Å². The van der Waals surface area contributed by atoms with E-state index in [1.807, 2.05) is 0 Å². The number of methoxy groups -OCH3 is 1. The van der Waals surface area contributed by atoms with Crippen LogP contribution in [0.15, 0.2) is 0 Å². The fraction of sp³-hybridized carbons (Fsp3) is 0.818. The number of rotatable bonds is 3. The van der Waals surface area contributed by atoms with Crippen LogP contribution in [0.1, 0.15) is 12.8 Å². The Morgan fingerprint density at radius 3 is 3.18 bits per heavy atom. The summed E-state index contributed by atoms with van der Waals surface area (Å²) >= 11 is 3.33. The van der Waals surface area contributed by atoms with Gasteiger partial charge in [-0.05, 0) is 19.4 Å². The van der Waals surface area contributed by atoms with Crippen molar-refractivity contribution in [2.24, 2.45) is 5.92 Å². The summed E-state index contributed by atoms with van der Waals surface area (Å²) < 4.78 is 4.69. The lowest BCUT2D eigenvalue weighted by atomic mass is 9.91. The molecule has 1 amide bonds. The molecular formula is C11H17BrN2O3. The number of piperidine rings is 1. The van der Waals surface area contributed by atoms with Crippen molar-refractivity contribution in [3.63, 3.8) is 0 Å². The van der Waals surface area contributed by atoms with Crippen LogP contribution in [0.2, 0.25) is 0 Å². The first kappa shape index (κ1) is 12.8. The van der Waals surface area contributed by atoms with Crippen LogP contribution in [0.25, 0.3) is 0 Å². The summed E-state index contributed by atoms with van der Waals surface area (Å²) in [6.07, 6.45) is 1.97. The Morgan fingerprint density at radius 2 is 2.47 bits per heavy atom. The van der Waals surface area contributed by atoms with Gasteiger partial charge in [0.15, 0.2) is 0 Å². The molecule has 17 heavy (non-hydrogen) atoms. The second-order valence-electron chi connectivity index (χ2n) is 4.55. The number of esters is 1. The van der Waals surface area contributed by atoms with Gasteiger partial charge in [0.2, 0.25) is 5.91 Å². The van der Waals surface area contributed by atoms with E-state index in [0.717, 1.165) is 19.4 Å². The molecule has 0 saturated carbocycles. The third kappa shape index (κ3) is 2.63. The maximum Gasteiger partial charge on any atom is 0.320 e. The third-order valence-corrected chi connectivity index (χ3v) is 4.23. The van der Waals surface area contributed by atoms with Crippen LogP contribution in [0, 0.1) is 5.92 Å². The first-order valence-electron chi connectivity index (χ1n) is 5.87. The average Bonchev–Trinajstić information content (AvgIpc) is 2.71. The number of halogens is 1. The number of fused-ring (bicyclic) bond motifs is 1. The summed E-state index contributed by atoms with van der Waals surface area (Å²) in [7, 11) is 1.39. The van der Waals surface area contributed by atoms with Crippen molar-refractivity contribution in [1.29, 1.82) is 0 Å². The van der Waals surface area contributed by atoms with Crippen LogP contribution < -0.4 is 5.32 Å². The van der Waals surface area contributed by atoms with Crippen molar-refractivity contribution >= 4 is 27.8 Å². The first-order valence-corrected chi connectivity index (χ1v) is 6.78. The minimum atomic E-state index is -0.318. The quantitative estimate of drug-likeness (QED) is 0.595. The topological polar surface area (TPSA) is 58.6 Å². The monoisotopic (exact) mass is 304 g/mol. The molecule has 2 aliphatic heterocycles. The lowest BCUT2D eigenvalue weighted by Crippen LogP contribution is -2.48. The Balaban J connectivity index is 1.96. The predicted octanol–water partition coefficient (Wildman–Crippen LogP) is 0.133. The largest absolute Gasteiger partial charge is 0.468 e. The zero-order chi connectivity index (χ0) is 12.4. The normalized spacial score (nSPS) is 30.6. The average molecular weight is 305 g/mol. The minimum absolute atomic E-state index is 0.0982. The zero-order valence-corrected chi connectivity index (χ0v) is 11.4. The molecule has 0 aliphatic carbocycles. The Kier molecular flexibility index (Phi) is 4.04. The second-order valence-corrected chi connectivity index (χ2v) is 5.65. The Labute approximate surface area is 109 Å². The molecule has 2 rings (SSSR count). The lowest BCUT2D eigenvalue weighted by Gasteiger charge is -2.36. The van der Waals surface area contributed by atoms with Crippen molar-refractivity contribution < 1.29 is 14.3 Å². The summed E-state index contributed by atoms with van der Waals surface area (Å²) in [4.78, 5) is 24.8. The molecule has 0 spiro atoms. The number of hydrogen-bond donors (Lipinski definition) is 1. The molecule has 1 N–H and O–H groups in total. The molecule has 0 radical (unpaired) electrons. The van der Waals surface area contributed by atoms with Crippen LogP contribution in [0.3, 0.4) is 0 Å². The molecule has 3 unspecified atom stereocenters. The minimum Gasteiger partial charge on any atom is -0.468 e. The van der Waals surface area contributed by atoms with Gasteiger partial charge >= 0.3 is 5.97 Å². The number of alkyl halides is 1. The van der Waals surface area contributed by atoms with E-state index in [-0.39, 0.29) is 28.7 Å². The van der Waals surface area contributed by atoms with Gasteiger partial charge in [-0.2, -0.15) is 0 Å². The molecule has 2 aliphatic rings. The van der Waals surface area contributed by atoms with Crippen molar-refractivity contribution in [2.45, 2.75) is 23.7 Å². The van der Waals surface area contributed by atoms with Crippen LogP contribution >= 0.6 is 15.9 Å². The van der Waals surface area contributed by atoms with E-state index >= 15 is 0 Å². The standard InChI is InChI=1S/C11H17BrN2O3/c1-17-11(16)8(12)6-14-4-2-3-7-9(14)5-13-10(7)15/h7-9H,2-6H2,1H3,(H,13,15). The van der Waals surface area contributed by atoms with E-state index in [1.165, 1.54) is 7.11 Å².